The lowest BCUT2D eigenvalue weighted by Gasteiger charge is -2.16. The zero-order chi connectivity index (χ0) is 15.6. The molecule has 1 fully saturated rings. The third kappa shape index (κ3) is 5.63. The van der Waals surface area contributed by atoms with Crippen LogP contribution in [0.5, 0.6) is 5.75 Å². The third-order valence-electron chi connectivity index (χ3n) is 4.30. The van der Waals surface area contributed by atoms with Crippen molar-refractivity contribution in [2.45, 2.75) is 64.2 Å². The molecular formula is C19H26O3. The van der Waals surface area contributed by atoms with Gasteiger partial charge >= 0.3 is 5.97 Å². The van der Waals surface area contributed by atoms with Crippen molar-refractivity contribution >= 4 is 11.8 Å². The zero-order valence-electron chi connectivity index (χ0n) is 13.3. The number of esters is 1. The molecule has 120 valence electrons. The lowest BCUT2D eigenvalue weighted by molar-refractivity contribution is -0.144. The van der Waals surface area contributed by atoms with Crippen LogP contribution >= 0.6 is 0 Å². The molecular weight excluding hydrogens is 276 g/mol. The van der Waals surface area contributed by atoms with E-state index < -0.39 is 5.92 Å². The maximum absolute atomic E-state index is 12.4. The van der Waals surface area contributed by atoms with E-state index in [1.807, 2.05) is 18.2 Å². The van der Waals surface area contributed by atoms with Gasteiger partial charge in [-0.25, -0.2) is 0 Å². The van der Waals surface area contributed by atoms with Crippen LogP contribution in [0, 0.1) is 5.92 Å². The van der Waals surface area contributed by atoms with Gasteiger partial charge in [0.2, 0.25) is 0 Å². The van der Waals surface area contributed by atoms with E-state index in [1.54, 1.807) is 12.1 Å². The van der Waals surface area contributed by atoms with Gasteiger partial charge in [-0.1, -0.05) is 63.1 Å². The molecule has 0 saturated heterocycles. The summed E-state index contributed by atoms with van der Waals surface area (Å²) in [5, 5.41) is 0. The van der Waals surface area contributed by atoms with E-state index >= 15 is 0 Å². The fourth-order valence-corrected chi connectivity index (χ4v) is 2.97. The van der Waals surface area contributed by atoms with Crippen molar-refractivity contribution < 1.29 is 14.3 Å². The Labute approximate surface area is 133 Å². The minimum absolute atomic E-state index is 0.0569. The lowest BCUT2D eigenvalue weighted by atomic mass is 9.92. The second-order valence-corrected chi connectivity index (χ2v) is 6.12. The van der Waals surface area contributed by atoms with Crippen LogP contribution in [0.15, 0.2) is 30.3 Å². The van der Waals surface area contributed by atoms with Gasteiger partial charge in [0, 0.05) is 6.42 Å². The Morgan fingerprint density at radius 1 is 0.864 bits per heavy atom. The SMILES string of the molecule is O=C1CCCCCCCCCCC1C(=O)Oc1ccccc1. The minimum Gasteiger partial charge on any atom is -0.426 e. The summed E-state index contributed by atoms with van der Waals surface area (Å²) in [5.74, 6) is -0.388. The van der Waals surface area contributed by atoms with Crippen molar-refractivity contribution in [3.63, 3.8) is 0 Å². The fraction of sp³-hybridized carbons (Fsp3) is 0.579. The molecule has 0 N–H and O–H groups in total. The number of Topliss-reactive ketones (excluding diaryl/α,β-unsaturated/α-hetero) is 1. The summed E-state index contributed by atoms with van der Waals surface area (Å²) in [5.41, 5.74) is 0. The highest BCUT2D eigenvalue weighted by Gasteiger charge is 2.27. The minimum atomic E-state index is -0.584. The van der Waals surface area contributed by atoms with Crippen molar-refractivity contribution in [2.24, 2.45) is 5.92 Å². The van der Waals surface area contributed by atoms with Crippen LogP contribution in [-0.4, -0.2) is 11.8 Å². The summed E-state index contributed by atoms with van der Waals surface area (Å²) < 4.78 is 5.39. The van der Waals surface area contributed by atoms with E-state index in [1.165, 1.54) is 25.7 Å². The first-order valence-electron chi connectivity index (χ1n) is 8.57. The van der Waals surface area contributed by atoms with E-state index in [2.05, 4.69) is 0 Å². The average Bonchev–Trinajstić information content (AvgIpc) is 2.51. The second-order valence-electron chi connectivity index (χ2n) is 6.12. The molecule has 1 aromatic rings. The Bertz CT molecular complexity index is 467. The van der Waals surface area contributed by atoms with Crippen molar-refractivity contribution in [3.05, 3.63) is 30.3 Å². The summed E-state index contributed by atoms with van der Waals surface area (Å²) in [6.45, 7) is 0. The highest BCUT2D eigenvalue weighted by Crippen LogP contribution is 2.21. The van der Waals surface area contributed by atoms with Crippen LogP contribution in [0.1, 0.15) is 64.2 Å². The molecule has 1 saturated carbocycles. The first kappa shape index (κ1) is 16.7. The number of ether oxygens (including phenoxy) is 1. The first-order chi connectivity index (χ1) is 10.8. The number of ketones is 1. The van der Waals surface area contributed by atoms with Crippen LogP contribution in [0.3, 0.4) is 0 Å². The summed E-state index contributed by atoms with van der Waals surface area (Å²) >= 11 is 0. The summed E-state index contributed by atoms with van der Waals surface area (Å²) in [4.78, 5) is 24.7. The number of para-hydroxylation sites is 1. The summed E-state index contributed by atoms with van der Waals surface area (Å²) in [7, 11) is 0. The van der Waals surface area contributed by atoms with Gasteiger partial charge in [0.25, 0.3) is 0 Å². The molecule has 3 heteroatoms. The molecule has 3 nitrogen and oxygen atoms in total. The number of carbonyl (C=O) groups is 2. The molecule has 1 unspecified atom stereocenters. The van der Waals surface area contributed by atoms with E-state index in [9.17, 15) is 9.59 Å². The molecule has 1 aliphatic rings. The number of benzene rings is 1. The van der Waals surface area contributed by atoms with Crippen LogP contribution in [0.25, 0.3) is 0 Å². The van der Waals surface area contributed by atoms with Gasteiger partial charge in [-0.2, -0.15) is 0 Å². The Kier molecular flexibility index (Phi) is 7.14. The largest absolute Gasteiger partial charge is 0.426 e. The molecule has 0 spiro atoms. The highest BCUT2D eigenvalue weighted by molar-refractivity contribution is 5.99. The smallest absolute Gasteiger partial charge is 0.321 e. The predicted octanol–water partition coefficient (Wildman–Crippen LogP) is 4.69. The quantitative estimate of drug-likeness (QED) is 0.452. The van der Waals surface area contributed by atoms with Gasteiger partial charge in [0.15, 0.2) is 0 Å². The average molecular weight is 302 g/mol. The molecule has 0 radical (unpaired) electrons. The zero-order valence-corrected chi connectivity index (χ0v) is 13.3. The van der Waals surface area contributed by atoms with Crippen molar-refractivity contribution in [2.75, 3.05) is 0 Å². The molecule has 1 atom stereocenters. The predicted molar refractivity (Wildman–Crippen MR) is 86.7 cm³/mol. The molecule has 0 aliphatic heterocycles. The summed E-state index contributed by atoms with van der Waals surface area (Å²) in [6.07, 6.45) is 10.1. The topological polar surface area (TPSA) is 43.4 Å². The normalized spacial score (nSPS) is 21.5. The molecule has 0 bridgehead atoms. The number of carbonyl (C=O) groups excluding carboxylic acids is 2. The van der Waals surface area contributed by atoms with Crippen molar-refractivity contribution in [3.8, 4) is 5.75 Å². The van der Waals surface area contributed by atoms with Crippen molar-refractivity contribution in [1.82, 2.24) is 0 Å². The van der Waals surface area contributed by atoms with Crippen LogP contribution in [0.4, 0.5) is 0 Å². The molecule has 0 heterocycles. The second kappa shape index (κ2) is 9.39. The summed E-state index contributed by atoms with van der Waals surface area (Å²) in [6, 6.07) is 9.02. The lowest BCUT2D eigenvalue weighted by Crippen LogP contribution is -2.28. The maximum atomic E-state index is 12.4. The molecule has 0 aromatic heterocycles. The Morgan fingerprint density at radius 3 is 2.14 bits per heavy atom. The van der Waals surface area contributed by atoms with E-state index in [0.29, 0.717) is 18.6 Å². The molecule has 1 aromatic carbocycles. The van der Waals surface area contributed by atoms with Gasteiger partial charge in [0.1, 0.15) is 17.5 Å². The van der Waals surface area contributed by atoms with Gasteiger partial charge in [-0.15, -0.1) is 0 Å². The molecule has 0 amide bonds. The maximum Gasteiger partial charge on any atom is 0.321 e. The van der Waals surface area contributed by atoms with Gasteiger partial charge in [-0.3, -0.25) is 9.59 Å². The Morgan fingerprint density at radius 2 is 1.45 bits per heavy atom. The number of hydrogen-bond acceptors (Lipinski definition) is 3. The van der Waals surface area contributed by atoms with Crippen molar-refractivity contribution in [1.29, 1.82) is 0 Å². The molecule has 1 aliphatic carbocycles. The number of rotatable bonds is 2. The number of hydrogen-bond donors (Lipinski definition) is 0. The van der Waals surface area contributed by atoms with Crippen LogP contribution < -0.4 is 4.74 Å². The Hall–Kier alpha value is -1.64. The first-order valence-corrected chi connectivity index (χ1v) is 8.57. The standard InChI is InChI=1S/C19H26O3/c20-18-15-11-6-4-2-1-3-5-10-14-17(18)19(21)22-16-12-8-7-9-13-16/h7-9,12-13,17H,1-6,10-11,14-15H2. The van der Waals surface area contributed by atoms with E-state index in [-0.39, 0.29) is 11.8 Å². The fourth-order valence-electron chi connectivity index (χ4n) is 2.97. The molecule has 2 rings (SSSR count). The highest BCUT2D eigenvalue weighted by atomic mass is 16.5. The monoisotopic (exact) mass is 302 g/mol. The van der Waals surface area contributed by atoms with Crippen LogP contribution in [-0.2, 0) is 9.59 Å². The van der Waals surface area contributed by atoms with E-state index in [4.69, 9.17) is 4.74 Å². The van der Waals surface area contributed by atoms with Gasteiger partial charge in [0.05, 0.1) is 0 Å². The molecule has 22 heavy (non-hydrogen) atoms. The van der Waals surface area contributed by atoms with Gasteiger partial charge < -0.3 is 4.74 Å². The van der Waals surface area contributed by atoms with E-state index in [0.717, 1.165) is 25.7 Å². The third-order valence-corrected chi connectivity index (χ3v) is 4.30. The Balaban J connectivity index is 1.96. The van der Waals surface area contributed by atoms with Gasteiger partial charge in [-0.05, 0) is 25.0 Å². The van der Waals surface area contributed by atoms with Crippen LogP contribution in [0.2, 0.25) is 0 Å².